The second-order valence-corrected chi connectivity index (χ2v) is 23.4. The summed E-state index contributed by atoms with van der Waals surface area (Å²) >= 11 is 0. The lowest BCUT2D eigenvalue weighted by molar-refractivity contribution is -0.870. The van der Waals surface area contributed by atoms with Crippen molar-refractivity contribution in [3.63, 3.8) is 0 Å². The molecule has 0 aliphatic carbocycles. The van der Waals surface area contributed by atoms with E-state index in [4.69, 9.17) is 9.05 Å². The Morgan fingerprint density at radius 2 is 0.859 bits per heavy atom. The lowest BCUT2D eigenvalue weighted by Gasteiger charge is -2.30. The van der Waals surface area contributed by atoms with Crippen LogP contribution in [0.5, 0.6) is 0 Å². The Morgan fingerprint density at radius 1 is 0.507 bits per heavy atom. The fourth-order valence-electron chi connectivity index (χ4n) is 9.09. The smallest absolute Gasteiger partial charge is 0.268 e. The van der Waals surface area contributed by atoms with Gasteiger partial charge in [0, 0.05) is 6.42 Å². The van der Waals surface area contributed by atoms with Crippen LogP contribution in [-0.4, -0.2) is 68.5 Å². The summed E-state index contributed by atoms with van der Waals surface area (Å²) in [5.74, 6) is -0.186. The highest BCUT2D eigenvalue weighted by atomic mass is 31.2. The normalized spacial score (nSPS) is 14.2. The van der Waals surface area contributed by atoms with Crippen molar-refractivity contribution >= 4 is 13.7 Å². The molecule has 3 unspecified atom stereocenters. The van der Waals surface area contributed by atoms with E-state index in [1.54, 1.807) is 0 Å². The van der Waals surface area contributed by atoms with Crippen LogP contribution in [0.2, 0.25) is 0 Å². The van der Waals surface area contributed by atoms with Crippen LogP contribution in [0.4, 0.5) is 0 Å². The van der Waals surface area contributed by atoms with Crippen LogP contribution in [0.3, 0.4) is 0 Å². The molecule has 0 rings (SSSR count). The van der Waals surface area contributed by atoms with Gasteiger partial charge in [-0.3, -0.25) is 9.36 Å². The van der Waals surface area contributed by atoms with E-state index in [-0.39, 0.29) is 19.1 Å². The molecule has 1 amide bonds. The summed E-state index contributed by atoms with van der Waals surface area (Å²) in [5.41, 5.74) is 0. The molecule has 0 spiro atoms. The molecular formula is C62H119N2O6P. The maximum absolute atomic E-state index is 13.0. The lowest BCUT2D eigenvalue weighted by atomic mass is 10.0. The van der Waals surface area contributed by atoms with Gasteiger partial charge in [0.25, 0.3) is 7.82 Å². The van der Waals surface area contributed by atoms with Crippen LogP contribution in [0.1, 0.15) is 290 Å². The summed E-state index contributed by atoms with van der Waals surface area (Å²) in [6, 6.07) is -0.816. The van der Waals surface area contributed by atoms with E-state index < -0.39 is 20.0 Å². The molecule has 0 aromatic heterocycles. The first-order valence-corrected chi connectivity index (χ1v) is 31.9. The first kappa shape index (κ1) is 69.5. The van der Waals surface area contributed by atoms with Crippen molar-refractivity contribution in [2.45, 2.75) is 302 Å². The second-order valence-electron chi connectivity index (χ2n) is 22.0. The van der Waals surface area contributed by atoms with Gasteiger partial charge in [0.05, 0.1) is 39.9 Å². The van der Waals surface area contributed by atoms with E-state index in [0.717, 1.165) is 77.0 Å². The third-order valence-electron chi connectivity index (χ3n) is 13.8. The SMILES string of the molecule is CC/C=C\C/C=C\C/C=C\C/C=C\CCCCCCC(=O)NC(COP(=O)([O-])OCC[N+](C)(C)C)C(O)CCCCCCCCCCCCCCCCCCCCCCCCCCCCCCCCCC. The monoisotopic (exact) mass is 1020 g/mol. The molecular weight excluding hydrogens is 900 g/mol. The molecule has 0 aromatic rings. The Hall–Kier alpha value is -1.54. The number of phosphoric acid groups is 1. The molecule has 0 bridgehead atoms. The number of hydrogen-bond acceptors (Lipinski definition) is 6. The average Bonchev–Trinajstić information content (AvgIpc) is 3.33. The van der Waals surface area contributed by atoms with Gasteiger partial charge in [0.1, 0.15) is 13.2 Å². The molecule has 418 valence electrons. The number of rotatable bonds is 56. The van der Waals surface area contributed by atoms with Crippen molar-refractivity contribution in [2.75, 3.05) is 40.9 Å². The molecule has 0 aromatic carbocycles. The molecule has 0 saturated carbocycles. The van der Waals surface area contributed by atoms with Crippen molar-refractivity contribution in [3.05, 3.63) is 48.6 Å². The van der Waals surface area contributed by atoms with Crippen molar-refractivity contribution in [3.8, 4) is 0 Å². The number of carbonyl (C=O) groups is 1. The maximum atomic E-state index is 13.0. The number of aliphatic hydroxyl groups excluding tert-OH is 1. The van der Waals surface area contributed by atoms with Crippen molar-refractivity contribution in [1.29, 1.82) is 0 Å². The number of nitrogens with one attached hydrogen (secondary N) is 1. The number of hydrogen-bond donors (Lipinski definition) is 2. The van der Waals surface area contributed by atoms with Gasteiger partial charge in [-0.15, -0.1) is 0 Å². The molecule has 0 fully saturated rings. The van der Waals surface area contributed by atoms with Crippen LogP contribution in [-0.2, 0) is 18.4 Å². The van der Waals surface area contributed by atoms with Gasteiger partial charge >= 0.3 is 0 Å². The maximum Gasteiger partial charge on any atom is 0.268 e. The van der Waals surface area contributed by atoms with Crippen molar-refractivity contribution < 1.29 is 32.9 Å². The van der Waals surface area contributed by atoms with E-state index in [1.165, 1.54) is 186 Å². The fourth-order valence-corrected chi connectivity index (χ4v) is 9.82. The largest absolute Gasteiger partial charge is 0.756 e. The van der Waals surface area contributed by atoms with Crippen LogP contribution in [0, 0.1) is 0 Å². The summed E-state index contributed by atoms with van der Waals surface area (Å²) in [5, 5.41) is 14.0. The van der Waals surface area contributed by atoms with E-state index in [9.17, 15) is 19.4 Å². The van der Waals surface area contributed by atoms with Gasteiger partial charge in [-0.1, -0.05) is 281 Å². The van der Waals surface area contributed by atoms with Crippen molar-refractivity contribution in [2.24, 2.45) is 0 Å². The first-order chi connectivity index (χ1) is 34.5. The minimum atomic E-state index is -4.58. The molecule has 71 heavy (non-hydrogen) atoms. The van der Waals surface area contributed by atoms with Gasteiger partial charge < -0.3 is 28.8 Å². The third kappa shape index (κ3) is 56.0. The number of likely N-dealkylation sites (N-methyl/N-ethyl adjacent to an activating group) is 1. The van der Waals surface area contributed by atoms with Gasteiger partial charge in [0.2, 0.25) is 5.91 Å². The average molecular weight is 1020 g/mol. The summed E-state index contributed by atoms with van der Waals surface area (Å²) < 4.78 is 23.4. The highest BCUT2D eigenvalue weighted by Gasteiger charge is 2.24. The Balaban J connectivity index is 4.05. The molecule has 3 atom stereocenters. The van der Waals surface area contributed by atoms with Crippen LogP contribution >= 0.6 is 7.82 Å². The summed E-state index contributed by atoms with van der Waals surface area (Å²) in [6.45, 7) is 4.62. The van der Waals surface area contributed by atoms with E-state index in [2.05, 4.69) is 67.8 Å². The summed E-state index contributed by atoms with van der Waals surface area (Å²) in [7, 11) is 1.29. The number of aliphatic hydroxyl groups is 1. The minimum Gasteiger partial charge on any atom is -0.756 e. The second kappa shape index (κ2) is 53.3. The number of unbranched alkanes of at least 4 members (excludes halogenated alkanes) is 35. The number of amides is 1. The fraction of sp³-hybridized carbons (Fsp3) is 0.855. The van der Waals surface area contributed by atoms with Gasteiger partial charge in [-0.2, -0.15) is 0 Å². The zero-order chi connectivity index (χ0) is 52.0. The van der Waals surface area contributed by atoms with E-state index in [1.807, 2.05) is 21.1 Å². The molecule has 0 aliphatic heterocycles. The highest BCUT2D eigenvalue weighted by Crippen LogP contribution is 2.38. The first-order valence-electron chi connectivity index (χ1n) is 30.5. The molecule has 9 heteroatoms. The zero-order valence-electron chi connectivity index (χ0n) is 47.7. The molecule has 2 N–H and O–H groups in total. The summed E-state index contributed by atoms with van der Waals surface area (Å²) in [4.78, 5) is 25.5. The van der Waals surface area contributed by atoms with Gasteiger partial charge in [0.15, 0.2) is 0 Å². The zero-order valence-corrected chi connectivity index (χ0v) is 48.6. The topological polar surface area (TPSA) is 108 Å². The third-order valence-corrected chi connectivity index (χ3v) is 14.8. The molecule has 8 nitrogen and oxygen atoms in total. The van der Waals surface area contributed by atoms with Crippen molar-refractivity contribution in [1.82, 2.24) is 5.32 Å². The highest BCUT2D eigenvalue weighted by molar-refractivity contribution is 7.45. The summed E-state index contributed by atoms with van der Waals surface area (Å²) in [6.07, 6.45) is 70.3. The molecule has 0 saturated heterocycles. The Labute approximate surface area is 441 Å². The van der Waals surface area contributed by atoms with Crippen LogP contribution in [0.15, 0.2) is 48.6 Å². The Kier molecular flexibility index (Phi) is 52.1. The van der Waals surface area contributed by atoms with Crippen LogP contribution < -0.4 is 10.2 Å². The molecule has 0 aliphatic rings. The van der Waals surface area contributed by atoms with Crippen LogP contribution in [0.25, 0.3) is 0 Å². The number of allylic oxidation sites excluding steroid dienone is 8. The minimum absolute atomic E-state index is 0.00579. The number of quaternary nitrogens is 1. The standard InChI is InChI=1S/C62H119N2O6P/c1-6-8-10-12-14-16-18-20-22-24-25-26-27-28-29-30-31-32-33-34-35-36-37-38-40-41-43-45-47-49-51-53-55-61(65)60(59-70-71(67,68)69-58-57-64(3,4)5)63-62(66)56-54-52-50-48-46-44-42-39-23-21-19-17-15-13-11-9-7-2/h9,11,15,17,21,23,42,44,60-61,65H,6-8,10,12-14,16,18-20,22,24-41,43,45-59H2,1-5H3,(H-,63,66,67,68)/b11-9-,17-15-,23-21-,44-42-. The molecule has 0 radical (unpaired) electrons. The van der Waals surface area contributed by atoms with E-state index in [0.29, 0.717) is 23.9 Å². The number of nitrogens with zero attached hydrogens (tertiary/aromatic N) is 1. The number of phosphoric ester groups is 1. The van der Waals surface area contributed by atoms with Gasteiger partial charge in [-0.25, -0.2) is 0 Å². The number of carbonyl (C=O) groups excluding carboxylic acids is 1. The quantitative estimate of drug-likeness (QED) is 0.0272. The van der Waals surface area contributed by atoms with Gasteiger partial charge in [-0.05, 0) is 51.4 Å². The Bertz CT molecular complexity index is 1290. The Morgan fingerprint density at radius 3 is 1.25 bits per heavy atom. The predicted octanol–water partition coefficient (Wildman–Crippen LogP) is 18.1. The lowest BCUT2D eigenvalue weighted by Crippen LogP contribution is -2.46. The van der Waals surface area contributed by atoms with E-state index >= 15 is 0 Å². The predicted molar refractivity (Wildman–Crippen MR) is 307 cm³/mol. The molecule has 0 heterocycles.